The molecule has 20 heavy (non-hydrogen) atoms. The molecule has 0 aliphatic rings. The lowest BCUT2D eigenvalue weighted by Gasteiger charge is -2.52. The summed E-state index contributed by atoms with van der Waals surface area (Å²) < 4.78 is 5.67. The quantitative estimate of drug-likeness (QED) is 0.513. The summed E-state index contributed by atoms with van der Waals surface area (Å²) in [6.45, 7) is 16.4. The summed E-state index contributed by atoms with van der Waals surface area (Å²) in [6.07, 6.45) is 0. The molecule has 1 aromatic rings. The van der Waals surface area contributed by atoms with Crippen LogP contribution in [0, 0.1) is 5.62 Å². The molecule has 0 saturated carbocycles. The Morgan fingerprint density at radius 2 is 1.65 bits per heavy atom. The van der Waals surface area contributed by atoms with Crippen molar-refractivity contribution in [1.29, 1.82) is 0 Å². The maximum absolute atomic E-state index is 6.44. The smallest absolute Gasteiger partial charge is 0.123 e. The van der Waals surface area contributed by atoms with Gasteiger partial charge in [-0.3, -0.25) is 0 Å². The van der Waals surface area contributed by atoms with Gasteiger partial charge in [0.2, 0.25) is 0 Å². The van der Waals surface area contributed by atoms with Gasteiger partial charge in [0.1, 0.15) is 5.75 Å². The third-order valence-corrected chi connectivity index (χ3v) is 10.3. The molecule has 0 aliphatic carbocycles. The molecular formula is C17H28ClOP. The molecule has 114 valence electrons. The molecule has 3 heteroatoms. The molecule has 1 rings (SSSR count). The minimum atomic E-state index is -1.69. The van der Waals surface area contributed by atoms with Crippen molar-refractivity contribution in [2.45, 2.75) is 58.8 Å². The highest BCUT2D eigenvalue weighted by atomic mass is 35.5. The van der Waals surface area contributed by atoms with Gasteiger partial charge in [0.05, 0.1) is 22.2 Å². The Bertz CT molecular complexity index is 429. The molecule has 0 aromatic heterocycles. The molecule has 0 N–H and O–H groups in total. The van der Waals surface area contributed by atoms with Gasteiger partial charge in [0.25, 0.3) is 0 Å². The topological polar surface area (TPSA) is 9.23 Å². The molecule has 0 unspecified atom stereocenters. The van der Waals surface area contributed by atoms with Gasteiger partial charge in [0, 0.05) is 6.07 Å². The number of hydrogen-bond donors (Lipinski definition) is 0. The number of rotatable bonds is 4. The van der Waals surface area contributed by atoms with E-state index in [1.54, 1.807) is 0 Å². The normalized spacial score (nSPS) is 13.4. The minimum Gasteiger partial charge on any atom is -0.494 e. The highest BCUT2D eigenvalue weighted by molar-refractivity contribution is 7.88. The zero-order valence-corrected chi connectivity index (χ0v) is 15.5. The number of hydrogen-bond acceptors (Lipinski definition) is 1. The molecule has 0 saturated heterocycles. The Kier molecular flexibility index (Phi) is 5.55. The van der Waals surface area contributed by atoms with Crippen LogP contribution in [0.5, 0.6) is 5.75 Å². The van der Waals surface area contributed by atoms with E-state index in [2.05, 4.69) is 59.7 Å². The summed E-state index contributed by atoms with van der Waals surface area (Å²) in [5, 5.41) is 1.54. The Morgan fingerprint density at radius 1 is 1.10 bits per heavy atom. The fraction of sp³-hybridized carbons (Fsp3) is 0.588. The van der Waals surface area contributed by atoms with Crippen LogP contribution in [0.1, 0.15) is 48.5 Å². The van der Waals surface area contributed by atoms with Crippen LogP contribution in [0.4, 0.5) is 0 Å². The van der Waals surface area contributed by atoms with Gasteiger partial charge >= 0.3 is 0 Å². The number of ether oxygens (including phenoxy) is 1. The first-order chi connectivity index (χ1) is 9.10. The van der Waals surface area contributed by atoms with E-state index in [4.69, 9.17) is 16.3 Å². The maximum Gasteiger partial charge on any atom is 0.123 e. The van der Waals surface area contributed by atoms with Crippen LogP contribution < -0.4 is 10.0 Å². The van der Waals surface area contributed by atoms with Gasteiger partial charge in [-0.2, -0.15) is 0 Å². The fourth-order valence-corrected chi connectivity index (χ4v) is 10.1. The van der Waals surface area contributed by atoms with Gasteiger partial charge in [-0.05, 0) is 60.6 Å². The largest absolute Gasteiger partial charge is 0.494 e. The Morgan fingerprint density at radius 3 is 2.05 bits per heavy atom. The van der Waals surface area contributed by atoms with E-state index in [-0.39, 0.29) is 10.3 Å². The SMILES string of the molecule is CCOc1cccc([P+]([CH-]Cl)(C(C)(C)C)C(C)(C)C)c1. The first-order valence-electron chi connectivity index (χ1n) is 7.17. The number of halogens is 1. The lowest BCUT2D eigenvalue weighted by molar-refractivity contribution is 0.340. The lowest BCUT2D eigenvalue weighted by atomic mass is 10.2. The second kappa shape index (κ2) is 6.24. The van der Waals surface area contributed by atoms with E-state index < -0.39 is 7.26 Å². The van der Waals surface area contributed by atoms with Crippen molar-refractivity contribution in [3.63, 3.8) is 0 Å². The number of benzene rings is 1. The maximum atomic E-state index is 6.44. The zero-order chi connectivity index (χ0) is 15.6. The molecule has 0 bridgehead atoms. The van der Waals surface area contributed by atoms with Crippen molar-refractivity contribution in [1.82, 2.24) is 0 Å². The molecule has 0 radical (unpaired) electrons. The second-order valence-corrected chi connectivity index (χ2v) is 12.5. The Labute approximate surface area is 130 Å². The summed E-state index contributed by atoms with van der Waals surface area (Å²) in [4.78, 5) is 0. The molecule has 0 fully saturated rings. The van der Waals surface area contributed by atoms with Crippen LogP contribution in [-0.2, 0) is 0 Å². The van der Waals surface area contributed by atoms with Crippen molar-refractivity contribution >= 4 is 24.2 Å². The van der Waals surface area contributed by atoms with Crippen LogP contribution in [-0.4, -0.2) is 16.9 Å². The van der Waals surface area contributed by atoms with E-state index in [1.165, 1.54) is 5.30 Å². The van der Waals surface area contributed by atoms with E-state index in [0.29, 0.717) is 6.61 Å². The van der Waals surface area contributed by atoms with Gasteiger partial charge in [-0.25, -0.2) is 0 Å². The summed E-state index contributed by atoms with van der Waals surface area (Å²) in [5.74, 6) is 0.932. The summed E-state index contributed by atoms with van der Waals surface area (Å²) in [5.41, 5.74) is 1.96. The van der Waals surface area contributed by atoms with Gasteiger partial charge in [-0.1, -0.05) is 18.9 Å². The monoisotopic (exact) mass is 314 g/mol. The molecule has 0 heterocycles. The predicted octanol–water partition coefficient (Wildman–Crippen LogP) is 5.68. The fourth-order valence-electron chi connectivity index (χ4n) is 3.09. The van der Waals surface area contributed by atoms with Crippen LogP contribution >= 0.6 is 18.9 Å². The van der Waals surface area contributed by atoms with E-state index in [1.807, 2.05) is 18.6 Å². The summed E-state index contributed by atoms with van der Waals surface area (Å²) in [6, 6.07) is 8.46. The van der Waals surface area contributed by atoms with Crippen molar-refractivity contribution < 1.29 is 4.74 Å². The predicted molar refractivity (Wildman–Crippen MR) is 93.8 cm³/mol. The zero-order valence-electron chi connectivity index (χ0n) is 13.8. The van der Waals surface area contributed by atoms with Crippen molar-refractivity contribution in [2.75, 3.05) is 6.61 Å². The third-order valence-electron chi connectivity index (χ3n) is 3.80. The standard InChI is InChI=1S/C17H28ClOP/c1-8-19-14-10-9-11-15(12-14)20(13-18,16(2,3)4)17(5,6)7/h9-13H,8H2,1-7H3. The Hall–Kier alpha value is -0.260. The Balaban J connectivity index is 3.49. The highest BCUT2D eigenvalue weighted by Gasteiger charge is 2.52. The minimum absolute atomic E-state index is 0.109. The molecule has 1 aromatic carbocycles. The average Bonchev–Trinajstić information content (AvgIpc) is 2.27. The van der Waals surface area contributed by atoms with Crippen LogP contribution in [0.3, 0.4) is 0 Å². The first kappa shape index (κ1) is 17.8. The van der Waals surface area contributed by atoms with E-state index in [0.717, 1.165) is 5.75 Å². The molecule has 0 amide bonds. The molecule has 0 aliphatic heterocycles. The second-order valence-electron chi connectivity index (χ2n) is 7.09. The van der Waals surface area contributed by atoms with Gasteiger partial charge in [0.15, 0.2) is 0 Å². The van der Waals surface area contributed by atoms with Crippen LogP contribution in [0.25, 0.3) is 0 Å². The lowest BCUT2D eigenvalue weighted by Crippen LogP contribution is -2.39. The molecule has 0 spiro atoms. The molecular weight excluding hydrogens is 287 g/mol. The molecule has 1 nitrogen and oxygen atoms in total. The summed E-state index contributed by atoms with van der Waals surface area (Å²) in [7, 11) is -1.69. The molecule has 0 atom stereocenters. The summed E-state index contributed by atoms with van der Waals surface area (Å²) >= 11 is 6.44. The van der Waals surface area contributed by atoms with E-state index >= 15 is 0 Å². The highest BCUT2D eigenvalue weighted by Crippen LogP contribution is 2.78. The van der Waals surface area contributed by atoms with Gasteiger partial charge in [-0.15, -0.1) is 0 Å². The van der Waals surface area contributed by atoms with Crippen LogP contribution in [0.2, 0.25) is 0 Å². The van der Waals surface area contributed by atoms with Crippen molar-refractivity contribution in [2.24, 2.45) is 0 Å². The van der Waals surface area contributed by atoms with E-state index in [9.17, 15) is 0 Å². The third kappa shape index (κ3) is 3.15. The average molecular weight is 315 g/mol. The van der Waals surface area contributed by atoms with Crippen molar-refractivity contribution in [3.05, 3.63) is 29.9 Å². The van der Waals surface area contributed by atoms with Crippen LogP contribution in [0.15, 0.2) is 24.3 Å². The van der Waals surface area contributed by atoms with Gasteiger partial charge < -0.3 is 16.3 Å². The van der Waals surface area contributed by atoms with Crippen molar-refractivity contribution in [3.8, 4) is 5.75 Å². The first-order valence-corrected chi connectivity index (χ1v) is 9.46.